The predicted octanol–water partition coefficient (Wildman–Crippen LogP) is 9.90. The number of amides is 6. The molecular formula is C81H116F3N13O9. The molecule has 7 aliphatic heterocycles. The van der Waals surface area contributed by atoms with Gasteiger partial charge in [0, 0.05) is 121 Å². The van der Waals surface area contributed by atoms with Crippen molar-refractivity contribution in [3.8, 4) is 11.4 Å². The molecule has 7 saturated carbocycles. The Morgan fingerprint density at radius 3 is 1.34 bits per heavy atom. The molecule has 14 aliphatic rings. The summed E-state index contributed by atoms with van der Waals surface area (Å²) in [6.45, 7) is 37.6. The summed E-state index contributed by atoms with van der Waals surface area (Å²) in [6.07, 6.45) is 3.80. The molecule has 7 saturated heterocycles. The summed E-state index contributed by atoms with van der Waals surface area (Å²) in [5.74, 6) is 9.73. The molecule has 1 aromatic heterocycles. The highest BCUT2D eigenvalue weighted by Crippen LogP contribution is 2.49. The highest BCUT2D eigenvalue weighted by molar-refractivity contribution is 6.08. The second-order valence-corrected chi connectivity index (χ2v) is 35.2. The molecule has 106 heavy (non-hydrogen) atoms. The maximum atomic E-state index is 12.5. The van der Waals surface area contributed by atoms with Crippen molar-refractivity contribution in [3.63, 3.8) is 0 Å². The molecule has 18 atom stereocenters. The van der Waals surface area contributed by atoms with E-state index in [0.717, 1.165) is 124 Å². The number of hydrogen-bond donors (Lipinski definition) is 5. The number of nitrogens with one attached hydrogen (secondary N) is 4. The first-order chi connectivity index (χ1) is 50.3. The number of carbonyl (C=O) groups is 6. The molecule has 6 N–H and O–H groups in total. The van der Waals surface area contributed by atoms with E-state index >= 15 is 0 Å². The zero-order valence-electron chi connectivity index (χ0n) is 63.9. The topological polar surface area (TPSA) is 253 Å². The lowest BCUT2D eigenvalue weighted by Crippen LogP contribution is -2.48. The number of hydrogen-bond acceptors (Lipinski definition) is 17. The maximum absolute atomic E-state index is 12.5. The molecule has 25 heteroatoms. The Kier molecular flexibility index (Phi) is 24.8. The van der Waals surface area contributed by atoms with Gasteiger partial charge in [0.25, 0.3) is 5.91 Å². The third-order valence-corrected chi connectivity index (χ3v) is 22.7. The lowest BCUT2D eigenvalue weighted by atomic mass is 10.1. The fraction of sp³-hybridized carbons (Fsp3) is 0.679. The maximum Gasteiger partial charge on any atom is 0.471 e. The summed E-state index contributed by atoms with van der Waals surface area (Å²) >= 11 is 0. The van der Waals surface area contributed by atoms with E-state index in [2.05, 4.69) is 92.8 Å². The van der Waals surface area contributed by atoms with E-state index < -0.39 is 35.4 Å². The molecule has 22 nitrogen and oxygen atoms in total. The van der Waals surface area contributed by atoms with Crippen LogP contribution in [0.3, 0.4) is 0 Å². The molecule has 6 amide bonds. The van der Waals surface area contributed by atoms with Gasteiger partial charge in [-0.3, -0.25) is 29.0 Å². The van der Waals surface area contributed by atoms with Gasteiger partial charge in [0.05, 0.1) is 18.4 Å². The molecule has 0 spiro atoms. The molecule has 14 fully saturated rings. The van der Waals surface area contributed by atoms with Crippen LogP contribution in [0.1, 0.15) is 142 Å². The highest BCUT2D eigenvalue weighted by atomic mass is 19.4. The Morgan fingerprint density at radius 1 is 0.528 bits per heavy atom. The first-order valence-electron chi connectivity index (χ1n) is 39.2. The standard InChI is InChI=1S/C18H19F3N4O2.C13H22N2O3.C13H24N2O2.C12H11NO2.C12H15N.C8H16N2.C5H9N/c1-10(7-25-8-13-6-14(13)9-25)22-16(26)12-4-2-11(3-5-12)15-23-17(27-24-15)18(19,20)21;1-8(14-12(17)18-13(2,3)4)11(16)15-6-9-5-10(9)7-15;1-9(14-12(16)17-13(2,3)4)6-15-7-10-5-11(10)8-15;14-11-9-6-10(9)12(15)13(11)7-8-4-2-1-3-5-8;1-2-4-10(5-3-1)7-13-8-11-6-12(11)9-13;1-6(9)3-10-4-7-2-8(7)5-10;1-4-2-6-3-5(1)4/h2-5,10,13-14H,6-9H2,1H3,(H,22,26);8-10H,5-7H2,1-4H3,(H,14,17);9-11H,5-8H2,1-4H3,(H,14,16);1-5,9-10H,6-7H2;1-5,11-12H,6-9H2;6-8H,2-5,9H2,1H3;4-6H,1-3H2/t10-,13?,14?;8-,9?,10?;9-,10?,11?;;;6-,7?,8?;/m111..1./s1. The Hall–Kier alpha value is -7.03. The van der Waals surface area contributed by atoms with Gasteiger partial charge < -0.3 is 60.6 Å². The van der Waals surface area contributed by atoms with Gasteiger partial charge in [0.15, 0.2) is 0 Å². The van der Waals surface area contributed by atoms with Crippen LogP contribution in [-0.4, -0.2) is 209 Å². The molecule has 8 heterocycles. The second kappa shape index (κ2) is 33.4. The van der Waals surface area contributed by atoms with Gasteiger partial charge in [-0.2, -0.15) is 18.2 Å². The van der Waals surface area contributed by atoms with Crippen LogP contribution >= 0.6 is 0 Å². The monoisotopic (exact) mass is 1470 g/mol. The average molecular weight is 1470 g/mol. The fourth-order valence-corrected chi connectivity index (χ4v) is 16.5. The Balaban J connectivity index is 0.000000120. The number of alkyl halides is 3. The van der Waals surface area contributed by atoms with Crippen LogP contribution in [0.15, 0.2) is 89.5 Å². The van der Waals surface area contributed by atoms with E-state index in [1.54, 1.807) is 27.7 Å². The summed E-state index contributed by atoms with van der Waals surface area (Å²) in [4.78, 5) is 87.4. The van der Waals surface area contributed by atoms with Crippen molar-refractivity contribution in [3.05, 3.63) is 108 Å². The van der Waals surface area contributed by atoms with Crippen molar-refractivity contribution < 1.29 is 55.9 Å². The Bertz CT molecular complexity index is 3570. The van der Waals surface area contributed by atoms with Crippen LogP contribution in [-0.2, 0) is 43.1 Å². The van der Waals surface area contributed by atoms with E-state index in [-0.39, 0.29) is 59.5 Å². The van der Waals surface area contributed by atoms with Crippen molar-refractivity contribution >= 4 is 35.8 Å². The molecule has 4 aromatic rings. The third-order valence-electron chi connectivity index (χ3n) is 22.7. The number of benzene rings is 3. The lowest BCUT2D eigenvalue weighted by molar-refractivity contribution is -0.159. The summed E-state index contributed by atoms with van der Waals surface area (Å²) in [6, 6.07) is 26.5. The summed E-state index contributed by atoms with van der Waals surface area (Å²) in [7, 11) is 0. The number of ether oxygens (including phenoxy) is 2. The van der Waals surface area contributed by atoms with Crippen LogP contribution in [0, 0.1) is 82.9 Å². The van der Waals surface area contributed by atoms with E-state index in [1.807, 2.05) is 69.9 Å². The van der Waals surface area contributed by atoms with E-state index in [4.69, 9.17) is 15.2 Å². The average Bonchev–Trinajstić information content (AvgIpc) is 1.56. The summed E-state index contributed by atoms with van der Waals surface area (Å²) in [5, 5.41) is 15.1. The third kappa shape index (κ3) is 23.3. The lowest BCUT2D eigenvalue weighted by Gasteiger charge is -2.25. The predicted molar refractivity (Wildman–Crippen MR) is 397 cm³/mol. The van der Waals surface area contributed by atoms with Crippen molar-refractivity contribution in [2.45, 2.75) is 169 Å². The number of carbonyl (C=O) groups excluding carboxylic acids is 6. The van der Waals surface area contributed by atoms with Gasteiger partial charge in [0.2, 0.25) is 23.5 Å². The first kappa shape index (κ1) is 78.5. The summed E-state index contributed by atoms with van der Waals surface area (Å²) in [5.41, 5.74) is 7.98. The van der Waals surface area contributed by atoms with Crippen molar-refractivity contribution in [2.75, 3.05) is 98.2 Å². The molecule has 3 aromatic carbocycles. The number of likely N-dealkylation sites (tertiary alicyclic amines) is 6. The van der Waals surface area contributed by atoms with Gasteiger partial charge in [0.1, 0.15) is 17.2 Å². The van der Waals surface area contributed by atoms with Crippen LogP contribution in [0.25, 0.3) is 11.4 Å². The number of piperidine rings is 7. The quantitative estimate of drug-likeness (QED) is 0.0654. The van der Waals surface area contributed by atoms with Crippen LogP contribution < -0.4 is 27.0 Å². The Morgan fingerprint density at radius 2 is 0.934 bits per heavy atom. The molecule has 7 aliphatic carbocycles. The van der Waals surface area contributed by atoms with Gasteiger partial charge >= 0.3 is 24.3 Å². The number of aromatic nitrogens is 2. The number of fused-ring (bicyclic) bond motifs is 7. The fourth-order valence-electron chi connectivity index (χ4n) is 16.5. The zero-order valence-corrected chi connectivity index (χ0v) is 63.9. The minimum Gasteiger partial charge on any atom is -0.444 e. The number of imide groups is 1. The van der Waals surface area contributed by atoms with Gasteiger partial charge in [-0.1, -0.05) is 78.0 Å². The van der Waals surface area contributed by atoms with E-state index in [1.165, 1.54) is 126 Å². The molecular weight excluding hydrogens is 1360 g/mol. The molecule has 0 bridgehead atoms. The first-order valence-corrected chi connectivity index (χ1v) is 39.2. The number of halogens is 3. The van der Waals surface area contributed by atoms with Crippen LogP contribution in [0.4, 0.5) is 22.8 Å². The molecule has 580 valence electrons. The molecule has 0 radical (unpaired) electrons. The Labute approximate surface area is 624 Å². The highest BCUT2D eigenvalue weighted by Gasteiger charge is 2.59. The van der Waals surface area contributed by atoms with Crippen molar-refractivity contribution in [2.24, 2.45) is 88.6 Å². The van der Waals surface area contributed by atoms with Gasteiger partial charge in [-0.05, 0) is 222 Å². The molecule has 14 unspecified atom stereocenters. The van der Waals surface area contributed by atoms with Crippen molar-refractivity contribution in [1.29, 1.82) is 0 Å². The second-order valence-electron chi connectivity index (χ2n) is 35.2. The van der Waals surface area contributed by atoms with Gasteiger partial charge in [-0.25, -0.2) is 9.59 Å². The zero-order chi connectivity index (χ0) is 75.5. The SMILES string of the molecule is C1NCC2CC12.C[C@@H](N)CN1CC2CC2C1.C[C@@H](NC(=O)OC(C)(C)C)C(=O)N1CC2CC2C1.C[C@H](CN1CC2CC2C1)NC(=O)OC(C)(C)C.C[C@H](CN1CC2CC2C1)NC(=O)c1ccc(-c2noc(C(F)(F)F)n2)cc1.O=C1C2CC2C(=O)N1Cc1ccccc1.c1ccc(CN2CC3CC3C2)cc1. The van der Waals surface area contributed by atoms with Crippen LogP contribution in [0.5, 0.6) is 0 Å². The molecule has 18 rings (SSSR count). The smallest absolute Gasteiger partial charge is 0.444 e. The number of rotatable bonds is 16. The van der Waals surface area contributed by atoms with Crippen molar-refractivity contribution in [1.82, 2.24) is 60.8 Å². The van der Waals surface area contributed by atoms with E-state index in [0.29, 0.717) is 35.5 Å². The van der Waals surface area contributed by atoms with Crippen LogP contribution in [0.2, 0.25) is 0 Å². The number of nitrogens with zero attached hydrogens (tertiary/aromatic N) is 8. The number of alkyl carbamates (subject to hydrolysis) is 2. The normalized spacial score (nSPS) is 30.0. The summed E-state index contributed by atoms with van der Waals surface area (Å²) < 4.78 is 52.2. The van der Waals surface area contributed by atoms with E-state index in [9.17, 15) is 41.9 Å². The minimum atomic E-state index is -4.68. The minimum absolute atomic E-state index is 0.00643. The number of nitrogens with two attached hydrogens (primary N) is 1. The van der Waals surface area contributed by atoms with Gasteiger partial charge in [-0.15, -0.1) is 0 Å². The largest absolute Gasteiger partial charge is 0.471 e.